The van der Waals surface area contributed by atoms with Crippen LogP contribution < -0.4 is 10.6 Å². The molecule has 0 aliphatic rings. The van der Waals surface area contributed by atoms with E-state index in [0.29, 0.717) is 11.3 Å². The van der Waals surface area contributed by atoms with Crippen molar-refractivity contribution >= 4 is 29.7 Å². The van der Waals surface area contributed by atoms with Crippen molar-refractivity contribution < 1.29 is 29.3 Å². The molecule has 9 nitrogen and oxygen atoms in total. The SMILES string of the molecule is CSCCC(NC(=O)OC(C)(C)C)C(=O)N(CCO)C(C(=O)NCc1ccccc1)c1cccc(C)c1O. The van der Waals surface area contributed by atoms with E-state index in [2.05, 4.69) is 10.6 Å². The molecule has 2 aromatic carbocycles. The molecule has 0 aliphatic heterocycles. The molecule has 0 heterocycles. The number of carbonyl (C=O) groups is 3. The standard InChI is InChI=1S/C28H39N3O6S/c1-19-10-9-13-21(24(19)33)23(25(34)29-18-20-11-7-6-8-12-20)31(15-16-32)26(35)22(14-17-38-5)30-27(36)37-28(2,3)4/h6-13,22-23,32-33H,14-18H2,1-5H3,(H,29,34)(H,30,36). The van der Waals surface area contributed by atoms with Crippen molar-refractivity contribution in [3.05, 3.63) is 65.2 Å². The summed E-state index contributed by atoms with van der Waals surface area (Å²) in [6.45, 7) is 6.44. The number of phenolic OH excluding ortho intramolecular Hbond substituents is 1. The molecule has 0 aromatic heterocycles. The van der Waals surface area contributed by atoms with E-state index < -0.39 is 42.2 Å². The number of aromatic hydroxyl groups is 1. The Bertz CT molecular complexity index is 1070. The van der Waals surface area contributed by atoms with Crippen LogP contribution in [0.25, 0.3) is 0 Å². The maximum Gasteiger partial charge on any atom is 0.408 e. The molecular weight excluding hydrogens is 506 g/mol. The van der Waals surface area contributed by atoms with Gasteiger partial charge in [0.25, 0.3) is 0 Å². The lowest BCUT2D eigenvalue weighted by molar-refractivity contribution is -0.143. The van der Waals surface area contributed by atoms with E-state index >= 15 is 0 Å². The van der Waals surface area contributed by atoms with Crippen LogP contribution in [0.2, 0.25) is 0 Å². The number of thioether (sulfide) groups is 1. The Morgan fingerprint density at radius 1 is 1.08 bits per heavy atom. The molecule has 0 spiro atoms. The summed E-state index contributed by atoms with van der Waals surface area (Å²) in [4.78, 5) is 41.3. The van der Waals surface area contributed by atoms with Crippen LogP contribution in [0.15, 0.2) is 48.5 Å². The molecule has 0 fully saturated rings. The first-order valence-electron chi connectivity index (χ1n) is 12.5. The van der Waals surface area contributed by atoms with Gasteiger partial charge >= 0.3 is 6.09 Å². The number of ether oxygens (including phenoxy) is 1. The number of aliphatic hydroxyl groups excluding tert-OH is 1. The summed E-state index contributed by atoms with van der Waals surface area (Å²) in [6, 6.07) is 12.0. The number of para-hydroxylation sites is 1. The summed E-state index contributed by atoms with van der Waals surface area (Å²) in [5, 5.41) is 26.2. The van der Waals surface area contributed by atoms with Crippen molar-refractivity contribution in [2.45, 2.75) is 58.3 Å². The molecule has 2 aromatic rings. The van der Waals surface area contributed by atoms with Gasteiger partial charge in [0, 0.05) is 18.7 Å². The zero-order valence-corrected chi connectivity index (χ0v) is 23.5. The third-order valence-corrected chi connectivity index (χ3v) is 6.30. The van der Waals surface area contributed by atoms with Crippen molar-refractivity contribution in [2.75, 3.05) is 25.2 Å². The minimum Gasteiger partial charge on any atom is -0.507 e. The number of hydrogen-bond donors (Lipinski definition) is 4. The van der Waals surface area contributed by atoms with Gasteiger partial charge in [-0.3, -0.25) is 9.59 Å². The van der Waals surface area contributed by atoms with Crippen LogP contribution in [0.3, 0.4) is 0 Å². The van der Waals surface area contributed by atoms with Crippen LogP contribution in [-0.2, 0) is 20.9 Å². The Kier molecular flexibility index (Phi) is 11.9. The number of alkyl carbamates (subject to hydrolysis) is 1. The van der Waals surface area contributed by atoms with Crippen LogP contribution in [0, 0.1) is 6.92 Å². The van der Waals surface area contributed by atoms with Gasteiger partial charge in [-0.15, -0.1) is 0 Å². The number of amides is 3. The second-order valence-corrected chi connectivity index (χ2v) is 10.8. The van der Waals surface area contributed by atoms with E-state index in [1.54, 1.807) is 45.9 Å². The largest absolute Gasteiger partial charge is 0.507 e. The fourth-order valence-corrected chi connectivity index (χ4v) is 4.32. The smallest absolute Gasteiger partial charge is 0.408 e. The van der Waals surface area contributed by atoms with Gasteiger partial charge < -0.3 is 30.5 Å². The third-order valence-electron chi connectivity index (χ3n) is 5.66. The van der Waals surface area contributed by atoms with E-state index in [4.69, 9.17) is 4.74 Å². The first-order valence-corrected chi connectivity index (χ1v) is 13.9. The number of nitrogens with one attached hydrogen (secondary N) is 2. The normalized spacial score (nSPS) is 12.8. The molecule has 0 saturated carbocycles. The first kappa shape index (κ1) is 31.0. The summed E-state index contributed by atoms with van der Waals surface area (Å²) < 4.78 is 5.36. The van der Waals surface area contributed by atoms with Gasteiger partial charge in [-0.25, -0.2) is 4.79 Å². The minimum absolute atomic E-state index is 0.121. The highest BCUT2D eigenvalue weighted by Gasteiger charge is 2.37. The molecular formula is C28H39N3O6S. The molecule has 208 valence electrons. The van der Waals surface area contributed by atoms with Crippen molar-refractivity contribution in [1.29, 1.82) is 0 Å². The van der Waals surface area contributed by atoms with Gasteiger partial charge in [-0.2, -0.15) is 11.8 Å². The summed E-state index contributed by atoms with van der Waals surface area (Å²) in [5.41, 5.74) is 0.844. The third kappa shape index (κ3) is 9.25. The van der Waals surface area contributed by atoms with Crippen LogP contribution in [0.1, 0.15) is 49.9 Å². The van der Waals surface area contributed by atoms with Crippen LogP contribution >= 0.6 is 11.8 Å². The van der Waals surface area contributed by atoms with Crippen LogP contribution in [-0.4, -0.2) is 69.8 Å². The number of hydrogen-bond acceptors (Lipinski definition) is 7. The number of benzene rings is 2. The Hall–Kier alpha value is -3.24. The number of rotatable bonds is 12. The van der Waals surface area contributed by atoms with E-state index in [9.17, 15) is 24.6 Å². The molecule has 10 heteroatoms. The average Bonchev–Trinajstić information content (AvgIpc) is 2.86. The molecule has 38 heavy (non-hydrogen) atoms. The molecule has 2 unspecified atom stereocenters. The molecule has 0 bridgehead atoms. The van der Waals surface area contributed by atoms with Gasteiger partial charge in [0.15, 0.2) is 0 Å². The summed E-state index contributed by atoms with van der Waals surface area (Å²) in [7, 11) is 0. The summed E-state index contributed by atoms with van der Waals surface area (Å²) in [6.07, 6.45) is 1.40. The molecule has 3 amide bonds. The number of aryl methyl sites for hydroxylation is 1. The summed E-state index contributed by atoms with van der Waals surface area (Å²) in [5.74, 6) is -0.666. The molecule has 2 atom stereocenters. The second kappa shape index (κ2) is 14.6. The summed E-state index contributed by atoms with van der Waals surface area (Å²) >= 11 is 1.50. The van der Waals surface area contributed by atoms with Crippen LogP contribution in [0.4, 0.5) is 4.79 Å². The highest BCUT2D eigenvalue weighted by atomic mass is 32.2. The van der Waals surface area contributed by atoms with Crippen molar-refractivity contribution in [3.63, 3.8) is 0 Å². The number of aliphatic hydroxyl groups is 1. The molecule has 2 rings (SSSR count). The topological polar surface area (TPSA) is 128 Å². The second-order valence-electron chi connectivity index (χ2n) is 9.85. The lowest BCUT2D eigenvalue weighted by Crippen LogP contribution is -2.53. The number of nitrogens with zero attached hydrogens (tertiary/aromatic N) is 1. The first-order chi connectivity index (χ1) is 18.0. The van der Waals surface area contributed by atoms with Crippen LogP contribution in [0.5, 0.6) is 5.75 Å². The zero-order chi connectivity index (χ0) is 28.3. The van der Waals surface area contributed by atoms with Crippen molar-refractivity contribution in [1.82, 2.24) is 15.5 Å². The number of carbonyl (C=O) groups excluding carboxylic acids is 3. The predicted molar refractivity (Wildman–Crippen MR) is 149 cm³/mol. The van der Waals surface area contributed by atoms with Gasteiger partial charge in [-0.1, -0.05) is 48.5 Å². The highest BCUT2D eigenvalue weighted by Crippen LogP contribution is 2.32. The predicted octanol–water partition coefficient (Wildman–Crippen LogP) is 3.53. The lowest BCUT2D eigenvalue weighted by atomic mass is 9.99. The van der Waals surface area contributed by atoms with E-state index in [-0.39, 0.29) is 30.8 Å². The van der Waals surface area contributed by atoms with Crippen molar-refractivity contribution in [3.8, 4) is 5.75 Å². The average molecular weight is 546 g/mol. The Morgan fingerprint density at radius 2 is 1.76 bits per heavy atom. The maximum atomic E-state index is 13.9. The Labute approximate surface area is 228 Å². The fourth-order valence-electron chi connectivity index (χ4n) is 3.85. The minimum atomic E-state index is -1.25. The van der Waals surface area contributed by atoms with Gasteiger partial charge in [0.2, 0.25) is 11.8 Å². The molecule has 4 N–H and O–H groups in total. The fraction of sp³-hybridized carbons (Fsp3) is 0.464. The van der Waals surface area contributed by atoms with Gasteiger partial charge in [-0.05, 0) is 57.3 Å². The quantitative estimate of drug-likeness (QED) is 0.321. The molecule has 0 aliphatic carbocycles. The van der Waals surface area contributed by atoms with Gasteiger partial charge in [0.05, 0.1) is 6.61 Å². The molecule has 0 saturated heterocycles. The molecule has 0 radical (unpaired) electrons. The van der Waals surface area contributed by atoms with E-state index in [1.807, 2.05) is 36.6 Å². The number of phenols is 1. The Morgan fingerprint density at radius 3 is 2.37 bits per heavy atom. The van der Waals surface area contributed by atoms with Gasteiger partial charge in [0.1, 0.15) is 23.4 Å². The Balaban J connectivity index is 2.46. The van der Waals surface area contributed by atoms with E-state index in [0.717, 1.165) is 5.56 Å². The highest BCUT2D eigenvalue weighted by molar-refractivity contribution is 7.98. The van der Waals surface area contributed by atoms with Crippen molar-refractivity contribution in [2.24, 2.45) is 0 Å². The lowest BCUT2D eigenvalue weighted by Gasteiger charge is -2.34. The maximum absolute atomic E-state index is 13.9. The zero-order valence-electron chi connectivity index (χ0n) is 22.7. The monoisotopic (exact) mass is 545 g/mol. The van der Waals surface area contributed by atoms with E-state index in [1.165, 1.54) is 16.7 Å².